The third-order valence-corrected chi connectivity index (χ3v) is 6.24. The molecule has 0 spiro atoms. The largest absolute Gasteiger partial charge is 0.226 e. The van der Waals surface area contributed by atoms with Crippen LogP contribution in [-0.4, -0.2) is 15.0 Å². The van der Waals surface area contributed by atoms with Crippen LogP contribution in [0.2, 0.25) is 5.28 Å². The van der Waals surface area contributed by atoms with Crippen molar-refractivity contribution in [2.24, 2.45) is 0 Å². The number of hydrogen-bond acceptors (Lipinski definition) is 3. The first-order chi connectivity index (χ1) is 17.3. The van der Waals surface area contributed by atoms with Crippen molar-refractivity contribution in [2.75, 3.05) is 0 Å². The molecule has 5 aromatic carbocycles. The SMILES string of the molecule is Clc1nc(-c2cccc(-c3ccccc3)c2)nc(-c2c(-c3ccccc3)ccc3ccccc23)n1. The van der Waals surface area contributed by atoms with E-state index in [0.29, 0.717) is 11.6 Å². The molecule has 6 rings (SSSR count). The van der Waals surface area contributed by atoms with Gasteiger partial charge in [-0.1, -0.05) is 115 Å². The fraction of sp³-hybridized carbons (Fsp3) is 0. The van der Waals surface area contributed by atoms with Crippen molar-refractivity contribution < 1.29 is 0 Å². The highest BCUT2D eigenvalue weighted by molar-refractivity contribution is 6.28. The third kappa shape index (κ3) is 4.18. The van der Waals surface area contributed by atoms with Crippen LogP contribution in [0, 0.1) is 0 Å². The van der Waals surface area contributed by atoms with E-state index >= 15 is 0 Å². The Bertz CT molecular complexity index is 1650. The smallest absolute Gasteiger partial charge is 0.208 e. The molecule has 0 saturated heterocycles. The average Bonchev–Trinajstić information content (AvgIpc) is 2.93. The molecule has 3 nitrogen and oxygen atoms in total. The molecule has 6 aromatic rings. The van der Waals surface area contributed by atoms with Crippen LogP contribution in [0.15, 0.2) is 121 Å². The summed E-state index contributed by atoms with van der Waals surface area (Å²) < 4.78 is 0. The molecule has 0 aliphatic heterocycles. The van der Waals surface area contributed by atoms with Crippen LogP contribution in [0.1, 0.15) is 0 Å². The summed E-state index contributed by atoms with van der Waals surface area (Å²) >= 11 is 6.49. The zero-order valence-electron chi connectivity index (χ0n) is 18.8. The van der Waals surface area contributed by atoms with E-state index in [2.05, 4.69) is 70.6 Å². The second kappa shape index (κ2) is 9.13. The molecule has 0 atom stereocenters. The quantitative estimate of drug-likeness (QED) is 0.260. The molecule has 0 fully saturated rings. The van der Waals surface area contributed by atoms with E-state index in [0.717, 1.165) is 44.2 Å². The van der Waals surface area contributed by atoms with Gasteiger partial charge in [0.25, 0.3) is 0 Å². The molecule has 4 heteroatoms. The van der Waals surface area contributed by atoms with Crippen molar-refractivity contribution in [1.29, 1.82) is 0 Å². The summed E-state index contributed by atoms with van der Waals surface area (Å²) in [6.45, 7) is 0. The Balaban J connectivity index is 1.56. The standard InChI is InChI=1S/C31H20ClN3/c32-31-34-29(25-16-9-15-24(20-25)21-10-3-1-4-11-21)33-30(35-31)28-26-17-8-7-14-23(26)18-19-27(28)22-12-5-2-6-13-22/h1-20H. The van der Waals surface area contributed by atoms with Crippen molar-refractivity contribution in [2.45, 2.75) is 0 Å². The molecular formula is C31H20ClN3. The van der Waals surface area contributed by atoms with Crippen molar-refractivity contribution in [3.63, 3.8) is 0 Å². The minimum atomic E-state index is 0.169. The number of rotatable bonds is 4. The van der Waals surface area contributed by atoms with Gasteiger partial charge in [-0.05, 0) is 50.7 Å². The maximum atomic E-state index is 6.49. The second-order valence-electron chi connectivity index (χ2n) is 8.27. The van der Waals surface area contributed by atoms with Crippen molar-refractivity contribution in [1.82, 2.24) is 15.0 Å². The summed E-state index contributed by atoms with van der Waals surface area (Å²) in [5.74, 6) is 1.10. The first kappa shape index (κ1) is 21.2. The van der Waals surface area contributed by atoms with Gasteiger partial charge in [0.2, 0.25) is 5.28 Å². The van der Waals surface area contributed by atoms with E-state index in [1.807, 2.05) is 60.7 Å². The predicted octanol–water partition coefficient (Wildman–Crippen LogP) is 8.35. The van der Waals surface area contributed by atoms with E-state index < -0.39 is 0 Å². The van der Waals surface area contributed by atoms with Crippen LogP contribution < -0.4 is 0 Å². The number of fused-ring (bicyclic) bond motifs is 1. The highest BCUT2D eigenvalue weighted by atomic mass is 35.5. The minimum Gasteiger partial charge on any atom is -0.208 e. The van der Waals surface area contributed by atoms with Gasteiger partial charge >= 0.3 is 0 Å². The lowest BCUT2D eigenvalue weighted by Crippen LogP contribution is -1.99. The summed E-state index contributed by atoms with van der Waals surface area (Å²) in [6, 6.07) is 41.3. The van der Waals surface area contributed by atoms with E-state index in [1.165, 1.54) is 0 Å². The molecule has 0 amide bonds. The Hall–Kier alpha value is -4.34. The normalized spacial score (nSPS) is 11.0. The molecule has 166 valence electrons. The van der Waals surface area contributed by atoms with Crippen LogP contribution in [0.25, 0.3) is 55.8 Å². The van der Waals surface area contributed by atoms with Gasteiger partial charge in [-0.2, -0.15) is 9.97 Å². The summed E-state index contributed by atoms with van der Waals surface area (Å²) in [7, 11) is 0. The molecule has 0 aliphatic rings. The molecule has 0 N–H and O–H groups in total. The highest BCUT2D eigenvalue weighted by Gasteiger charge is 2.17. The zero-order valence-corrected chi connectivity index (χ0v) is 19.5. The lowest BCUT2D eigenvalue weighted by Gasteiger charge is -2.14. The third-order valence-electron chi connectivity index (χ3n) is 6.07. The van der Waals surface area contributed by atoms with Crippen molar-refractivity contribution in [3.05, 3.63) is 127 Å². The van der Waals surface area contributed by atoms with Crippen LogP contribution in [0.4, 0.5) is 0 Å². The Labute approximate surface area is 208 Å². The van der Waals surface area contributed by atoms with Gasteiger partial charge < -0.3 is 0 Å². The monoisotopic (exact) mass is 469 g/mol. The number of nitrogens with zero attached hydrogens (tertiary/aromatic N) is 3. The lowest BCUT2D eigenvalue weighted by atomic mass is 9.93. The molecule has 35 heavy (non-hydrogen) atoms. The molecule has 1 heterocycles. The minimum absolute atomic E-state index is 0.169. The van der Waals surface area contributed by atoms with Gasteiger partial charge in [0.1, 0.15) is 0 Å². The molecule has 0 unspecified atom stereocenters. The van der Waals surface area contributed by atoms with Crippen LogP contribution in [0.5, 0.6) is 0 Å². The molecule has 0 radical (unpaired) electrons. The Kier molecular flexibility index (Phi) is 5.53. The molecule has 0 aliphatic carbocycles. The fourth-order valence-corrected chi connectivity index (χ4v) is 4.59. The van der Waals surface area contributed by atoms with E-state index in [-0.39, 0.29) is 5.28 Å². The molecule has 0 saturated carbocycles. The lowest BCUT2D eigenvalue weighted by molar-refractivity contribution is 1.07. The van der Waals surface area contributed by atoms with Gasteiger partial charge in [-0.25, -0.2) is 4.98 Å². The Morgan fingerprint density at radius 1 is 0.457 bits per heavy atom. The van der Waals surface area contributed by atoms with Gasteiger partial charge in [0, 0.05) is 11.1 Å². The Morgan fingerprint density at radius 2 is 1.09 bits per heavy atom. The maximum absolute atomic E-state index is 6.49. The van der Waals surface area contributed by atoms with Crippen LogP contribution in [-0.2, 0) is 0 Å². The summed E-state index contributed by atoms with van der Waals surface area (Å²) in [6.07, 6.45) is 0. The number of aromatic nitrogens is 3. The number of halogens is 1. The highest BCUT2D eigenvalue weighted by Crippen LogP contribution is 2.37. The van der Waals surface area contributed by atoms with Gasteiger partial charge in [-0.15, -0.1) is 0 Å². The average molecular weight is 470 g/mol. The van der Waals surface area contributed by atoms with Gasteiger partial charge in [0.05, 0.1) is 0 Å². The maximum Gasteiger partial charge on any atom is 0.226 e. The topological polar surface area (TPSA) is 38.7 Å². The Morgan fingerprint density at radius 3 is 1.89 bits per heavy atom. The first-order valence-corrected chi connectivity index (χ1v) is 11.8. The predicted molar refractivity (Wildman–Crippen MR) is 144 cm³/mol. The zero-order chi connectivity index (χ0) is 23.6. The molecule has 1 aromatic heterocycles. The summed E-state index contributed by atoms with van der Waals surface area (Å²) in [5.41, 5.74) is 6.21. The number of hydrogen-bond donors (Lipinski definition) is 0. The van der Waals surface area contributed by atoms with E-state index in [1.54, 1.807) is 0 Å². The van der Waals surface area contributed by atoms with Crippen LogP contribution in [0.3, 0.4) is 0 Å². The number of benzene rings is 5. The van der Waals surface area contributed by atoms with Crippen LogP contribution >= 0.6 is 11.6 Å². The van der Waals surface area contributed by atoms with Gasteiger partial charge in [-0.3, -0.25) is 0 Å². The summed E-state index contributed by atoms with van der Waals surface area (Å²) in [5, 5.41) is 2.36. The molecule has 0 bridgehead atoms. The second-order valence-corrected chi connectivity index (χ2v) is 8.61. The van der Waals surface area contributed by atoms with Crippen molar-refractivity contribution >= 4 is 22.4 Å². The fourth-order valence-electron chi connectivity index (χ4n) is 4.43. The van der Waals surface area contributed by atoms with E-state index in [9.17, 15) is 0 Å². The van der Waals surface area contributed by atoms with Crippen molar-refractivity contribution in [3.8, 4) is 45.0 Å². The first-order valence-electron chi connectivity index (χ1n) is 11.4. The summed E-state index contributed by atoms with van der Waals surface area (Å²) in [4.78, 5) is 14.0. The van der Waals surface area contributed by atoms with E-state index in [4.69, 9.17) is 16.6 Å². The van der Waals surface area contributed by atoms with Gasteiger partial charge in [0.15, 0.2) is 11.6 Å². The molecular weight excluding hydrogens is 450 g/mol.